The van der Waals surface area contributed by atoms with Crippen molar-refractivity contribution in [1.29, 1.82) is 5.26 Å². The van der Waals surface area contributed by atoms with Gasteiger partial charge in [0.1, 0.15) is 6.07 Å². The molecule has 2 aromatic carbocycles. The first-order chi connectivity index (χ1) is 14.3. The maximum Gasteiger partial charge on any atom is 0.247 e. The topological polar surface area (TPSA) is 124 Å². The maximum atomic E-state index is 10.8. The smallest absolute Gasteiger partial charge is 0.247 e. The van der Waals surface area contributed by atoms with E-state index in [0.717, 1.165) is 22.5 Å². The van der Waals surface area contributed by atoms with E-state index >= 15 is 0 Å². The van der Waals surface area contributed by atoms with E-state index in [2.05, 4.69) is 20.8 Å². The van der Waals surface area contributed by atoms with Crippen LogP contribution in [0.3, 0.4) is 0 Å². The average Bonchev–Trinajstić information content (AvgIpc) is 3.24. The standard InChI is InChI=1S/C11H13ClN2O.C10H9N3O2/c1-7(15)6-14-10-4-3-9(5-13)11(12)8(10)2;1-7(14)12-9-4-2-8(3-5-9)10-13-11-6-15-10/h3-4,7,14-15H,6H2,1-2H3;2-6H,1H3,(H,12,14). The number of aliphatic hydroxyl groups is 1. The number of carbonyl (C=O) groups excluding carboxylic acids is 1. The van der Waals surface area contributed by atoms with E-state index in [9.17, 15) is 4.79 Å². The van der Waals surface area contributed by atoms with Crippen LogP contribution in [0.4, 0.5) is 11.4 Å². The molecule has 0 aliphatic heterocycles. The van der Waals surface area contributed by atoms with Crippen molar-refractivity contribution >= 4 is 28.9 Å². The van der Waals surface area contributed by atoms with Crippen molar-refractivity contribution in [1.82, 2.24) is 10.2 Å². The van der Waals surface area contributed by atoms with Crippen LogP contribution < -0.4 is 10.6 Å². The molecule has 0 fully saturated rings. The van der Waals surface area contributed by atoms with Crippen molar-refractivity contribution in [2.45, 2.75) is 26.9 Å². The average molecular weight is 428 g/mol. The molecule has 30 heavy (non-hydrogen) atoms. The molecule has 3 N–H and O–H groups in total. The summed E-state index contributed by atoms with van der Waals surface area (Å²) in [5.74, 6) is 0.366. The molecule has 1 heterocycles. The van der Waals surface area contributed by atoms with E-state index in [-0.39, 0.29) is 5.91 Å². The van der Waals surface area contributed by atoms with Crippen LogP contribution in [-0.4, -0.2) is 33.9 Å². The molecule has 156 valence electrons. The van der Waals surface area contributed by atoms with E-state index in [1.54, 1.807) is 43.3 Å². The minimum atomic E-state index is -0.418. The lowest BCUT2D eigenvalue weighted by Gasteiger charge is -2.12. The van der Waals surface area contributed by atoms with Crippen LogP contribution in [0.25, 0.3) is 11.5 Å². The van der Waals surface area contributed by atoms with Gasteiger partial charge in [-0.15, -0.1) is 10.2 Å². The summed E-state index contributed by atoms with van der Waals surface area (Å²) in [7, 11) is 0. The fourth-order valence-electron chi connectivity index (χ4n) is 2.42. The van der Waals surface area contributed by atoms with Gasteiger partial charge in [0.15, 0.2) is 0 Å². The highest BCUT2D eigenvalue weighted by molar-refractivity contribution is 6.32. The van der Waals surface area contributed by atoms with Gasteiger partial charge in [0.25, 0.3) is 0 Å². The fraction of sp³-hybridized carbons (Fsp3) is 0.238. The Labute approximate surface area is 179 Å². The lowest BCUT2D eigenvalue weighted by atomic mass is 10.1. The normalized spacial score (nSPS) is 10.9. The lowest BCUT2D eigenvalue weighted by Crippen LogP contribution is -2.15. The quantitative estimate of drug-likeness (QED) is 0.561. The highest BCUT2D eigenvalue weighted by Gasteiger charge is 2.08. The van der Waals surface area contributed by atoms with Gasteiger partial charge in [-0.1, -0.05) is 11.6 Å². The molecule has 8 nitrogen and oxygen atoms in total. The molecule has 0 saturated heterocycles. The monoisotopic (exact) mass is 427 g/mol. The fourth-order valence-corrected chi connectivity index (χ4v) is 2.63. The predicted molar refractivity (Wildman–Crippen MR) is 115 cm³/mol. The Kier molecular flexibility index (Phi) is 8.35. The number of aliphatic hydroxyl groups excluding tert-OH is 1. The Balaban J connectivity index is 0.000000214. The third-order valence-corrected chi connectivity index (χ3v) is 4.39. The van der Waals surface area contributed by atoms with Crippen molar-refractivity contribution in [3.8, 4) is 17.5 Å². The first-order valence-electron chi connectivity index (χ1n) is 9.07. The molecule has 0 saturated carbocycles. The summed E-state index contributed by atoms with van der Waals surface area (Å²) in [6, 6.07) is 12.6. The molecule has 0 spiro atoms. The molecule has 1 atom stereocenters. The number of carbonyl (C=O) groups is 1. The zero-order chi connectivity index (χ0) is 22.1. The van der Waals surface area contributed by atoms with Gasteiger partial charge in [-0.25, -0.2) is 0 Å². The summed E-state index contributed by atoms with van der Waals surface area (Å²) < 4.78 is 5.03. The largest absolute Gasteiger partial charge is 0.423 e. The van der Waals surface area contributed by atoms with Crippen LogP contribution in [0.5, 0.6) is 0 Å². The molecule has 0 bridgehead atoms. The van der Waals surface area contributed by atoms with Gasteiger partial charge in [-0.3, -0.25) is 4.79 Å². The van der Waals surface area contributed by atoms with Gasteiger partial charge in [-0.2, -0.15) is 5.26 Å². The van der Waals surface area contributed by atoms with Gasteiger partial charge in [-0.05, 0) is 55.8 Å². The molecule has 9 heteroatoms. The van der Waals surface area contributed by atoms with E-state index in [4.69, 9.17) is 26.4 Å². The Bertz CT molecular complexity index is 1010. The third kappa shape index (κ3) is 6.58. The second-order valence-electron chi connectivity index (χ2n) is 6.44. The molecule has 0 radical (unpaired) electrons. The number of nitrogens with one attached hydrogen (secondary N) is 2. The number of halogens is 1. The van der Waals surface area contributed by atoms with E-state index in [1.165, 1.54) is 13.3 Å². The number of amides is 1. The van der Waals surface area contributed by atoms with Crippen molar-refractivity contribution in [2.75, 3.05) is 17.2 Å². The van der Waals surface area contributed by atoms with Gasteiger partial charge in [0.2, 0.25) is 18.2 Å². The van der Waals surface area contributed by atoms with Crippen LogP contribution in [0.1, 0.15) is 25.0 Å². The summed E-state index contributed by atoms with van der Waals surface area (Å²) in [5.41, 5.74) is 3.71. The van der Waals surface area contributed by atoms with Gasteiger partial charge < -0.3 is 20.2 Å². The van der Waals surface area contributed by atoms with Crippen molar-refractivity contribution in [3.05, 3.63) is 58.9 Å². The number of hydrogen-bond donors (Lipinski definition) is 3. The molecule has 3 rings (SSSR count). The van der Waals surface area contributed by atoms with Crippen molar-refractivity contribution in [3.63, 3.8) is 0 Å². The minimum absolute atomic E-state index is 0.0967. The van der Waals surface area contributed by atoms with Crippen LogP contribution in [0, 0.1) is 18.3 Å². The molecule has 1 unspecified atom stereocenters. The molecule has 1 aromatic heterocycles. The summed E-state index contributed by atoms with van der Waals surface area (Å²) in [6.07, 6.45) is 0.857. The number of nitriles is 1. The Morgan fingerprint density at radius 3 is 2.53 bits per heavy atom. The summed E-state index contributed by atoms with van der Waals surface area (Å²) in [6.45, 7) is 5.47. The summed E-state index contributed by atoms with van der Waals surface area (Å²) in [5, 5.41) is 31.4. The molecular weight excluding hydrogens is 406 g/mol. The zero-order valence-electron chi connectivity index (χ0n) is 16.8. The lowest BCUT2D eigenvalue weighted by molar-refractivity contribution is -0.114. The summed E-state index contributed by atoms with van der Waals surface area (Å²) >= 11 is 5.99. The highest BCUT2D eigenvalue weighted by Crippen LogP contribution is 2.26. The Morgan fingerprint density at radius 2 is 2.00 bits per heavy atom. The van der Waals surface area contributed by atoms with Gasteiger partial charge in [0, 0.05) is 30.4 Å². The number of anilines is 2. The number of rotatable bonds is 5. The van der Waals surface area contributed by atoms with Crippen molar-refractivity contribution in [2.24, 2.45) is 0 Å². The SMILES string of the molecule is CC(=O)Nc1ccc(-c2nnco2)cc1.Cc1c(NCC(C)O)ccc(C#N)c1Cl. The predicted octanol–water partition coefficient (Wildman–Crippen LogP) is 4.01. The molecular formula is C21H22ClN5O3. The number of hydrogen-bond acceptors (Lipinski definition) is 7. The minimum Gasteiger partial charge on any atom is -0.423 e. The molecule has 0 aliphatic rings. The molecule has 3 aromatic rings. The van der Waals surface area contributed by atoms with Gasteiger partial charge >= 0.3 is 0 Å². The maximum absolute atomic E-state index is 10.8. The van der Waals surface area contributed by atoms with E-state index in [0.29, 0.717) is 23.0 Å². The van der Waals surface area contributed by atoms with Crippen LogP contribution >= 0.6 is 11.6 Å². The first kappa shape index (κ1) is 22.9. The van der Waals surface area contributed by atoms with E-state index in [1.807, 2.05) is 13.0 Å². The number of benzene rings is 2. The Hall–Kier alpha value is -3.41. The van der Waals surface area contributed by atoms with Crippen molar-refractivity contribution < 1.29 is 14.3 Å². The molecule has 1 amide bonds. The van der Waals surface area contributed by atoms with Crippen LogP contribution in [-0.2, 0) is 4.79 Å². The highest BCUT2D eigenvalue weighted by atomic mass is 35.5. The zero-order valence-corrected chi connectivity index (χ0v) is 17.6. The van der Waals surface area contributed by atoms with Crippen LogP contribution in [0.2, 0.25) is 5.02 Å². The second-order valence-corrected chi connectivity index (χ2v) is 6.82. The number of aromatic nitrogens is 2. The summed E-state index contributed by atoms with van der Waals surface area (Å²) in [4.78, 5) is 10.8. The van der Waals surface area contributed by atoms with E-state index < -0.39 is 6.10 Å². The Morgan fingerprint density at radius 1 is 1.30 bits per heavy atom. The van der Waals surface area contributed by atoms with Crippen LogP contribution in [0.15, 0.2) is 47.2 Å². The molecule has 0 aliphatic carbocycles. The first-order valence-corrected chi connectivity index (χ1v) is 9.45. The number of nitrogens with zero attached hydrogens (tertiary/aromatic N) is 3. The second kappa shape index (κ2) is 11.0. The van der Waals surface area contributed by atoms with Gasteiger partial charge in [0.05, 0.1) is 16.7 Å². The third-order valence-electron chi connectivity index (χ3n) is 3.91.